The summed E-state index contributed by atoms with van der Waals surface area (Å²) in [6.45, 7) is 12.1. The van der Waals surface area contributed by atoms with E-state index in [1.54, 1.807) is 0 Å². The van der Waals surface area contributed by atoms with E-state index in [1.807, 2.05) is 0 Å². The monoisotopic (exact) mass is 1540 g/mol. The number of aliphatic hydroxyl groups excluding tert-OH is 1. The van der Waals surface area contributed by atoms with Crippen LogP contribution in [0.25, 0.3) is 0 Å². The molecule has 0 aliphatic heterocycles. The molecule has 0 aliphatic rings. The van der Waals surface area contributed by atoms with Crippen LogP contribution < -0.4 is 0 Å². The van der Waals surface area contributed by atoms with Gasteiger partial charge in [0.25, 0.3) is 0 Å². The van der Waals surface area contributed by atoms with E-state index in [9.17, 15) is 43.2 Å². The third kappa shape index (κ3) is 77.2. The Labute approximate surface area is 645 Å². The highest BCUT2D eigenvalue weighted by Gasteiger charge is 2.30. The van der Waals surface area contributed by atoms with Crippen molar-refractivity contribution in [2.75, 3.05) is 39.6 Å². The van der Waals surface area contributed by atoms with Crippen molar-refractivity contribution in [3.63, 3.8) is 0 Å². The van der Waals surface area contributed by atoms with Gasteiger partial charge in [-0.05, 0) is 43.4 Å². The summed E-state index contributed by atoms with van der Waals surface area (Å²) in [5, 5.41) is 10.7. The first-order valence-electron chi connectivity index (χ1n) is 44.4. The summed E-state index contributed by atoms with van der Waals surface area (Å²) < 4.78 is 68.9. The van der Waals surface area contributed by atoms with E-state index < -0.39 is 97.5 Å². The van der Waals surface area contributed by atoms with Gasteiger partial charge in [-0.3, -0.25) is 37.3 Å². The van der Waals surface area contributed by atoms with Crippen LogP contribution in [0.3, 0.4) is 0 Å². The van der Waals surface area contributed by atoms with Gasteiger partial charge in [-0.15, -0.1) is 0 Å². The predicted molar refractivity (Wildman–Crippen MR) is 432 cm³/mol. The Kier molecular flexibility index (Phi) is 74.7. The van der Waals surface area contributed by atoms with E-state index in [-0.39, 0.29) is 25.7 Å². The summed E-state index contributed by atoms with van der Waals surface area (Å²) >= 11 is 0. The number of esters is 4. The quantitative estimate of drug-likeness (QED) is 0.0222. The Morgan fingerprint density at radius 3 is 0.724 bits per heavy atom. The molecule has 0 aromatic rings. The van der Waals surface area contributed by atoms with E-state index in [0.717, 1.165) is 108 Å². The van der Waals surface area contributed by atoms with Gasteiger partial charge in [-0.1, -0.05) is 402 Å². The second kappa shape index (κ2) is 76.1. The van der Waals surface area contributed by atoms with Crippen LogP contribution in [-0.2, 0) is 65.4 Å². The molecule has 0 fully saturated rings. The zero-order chi connectivity index (χ0) is 77.2. The lowest BCUT2D eigenvalue weighted by Gasteiger charge is -2.21. The predicted octanol–water partition coefficient (Wildman–Crippen LogP) is 26.1. The molecule has 4 unspecified atom stereocenters. The Bertz CT molecular complexity index is 2030. The number of rotatable bonds is 84. The van der Waals surface area contributed by atoms with Crippen LogP contribution in [0.2, 0.25) is 0 Å². The molecule has 0 saturated carbocycles. The molecule has 0 aliphatic carbocycles. The molecule has 0 aromatic heterocycles. The number of hydrogen-bond donors (Lipinski definition) is 3. The van der Waals surface area contributed by atoms with Crippen molar-refractivity contribution in [1.82, 2.24) is 0 Å². The van der Waals surface area contributed by atoms with E-state index in [4.69, 9.17) is 37.0 Å². The molecule has 624 valence electrons. The smallest absolute Gasteiger partial charge is 0.462 e. The maximum absolute atomic E-state index is 13.2. The minimum absolute atomic E-state index is 0.106. The summed E-state index contributed by atoms with van der Waals surface area (Å²) in [5.74, 6) is 0.369. The first-order chi connectivity index (χ1) is 50.8. The first-order valence-corrected chi connectivity index (χ1v) is 47.4. The van der Waals surface area contributed by atoms with Crippen molar-refractivity contribution in [3.8, 4) is 0 Å². The summed E-state index contributed by atoms with van der Waals surface area (Å²) in [6.07, 6.45) is 66.5. The highest BCUT2D eigenvalue weighted by molar-refractivity contribution is 7.47. The van der Waals surface area contributed by atoms with Gasteiger partial charge in [-0.2, -0.15) is 0 Å². The van der Waals surface area contributed by atoms with Crippen molar-refractivity contribution in [3.05, 3.63) is 0 Å². The topological polar surface area (TPSA) is 237 Å². The van der Waals surface area contributed by atoms with Crippen LogP contribution >= 0.6 is 15.6 Å². The Hall–Kier alpha value is -1.94. The van der Waals surface area contributed by atoms with E-state index >= 15 is 0 Å². The van der Waals surface area contributed by atoms with Crippen molar-refractivity contribution in [2.45, 2.75) is 471 Å². The average Bonchev–Trinajstić information content (AvgIpc) is 0.925. The standard InChI is InChI=1S/C86H168O17P2/c1-8-11-12-13-14-15-16-31-39-46-53-60-67-83(88)96-74-82(103-86(91)70-63-56-49-42-35-34-36-43-50-57-64-77(4)5)76-101-105(94,95)99-72-80(87)71-98-104(92,93)100-75-81(73-97-84(89)68-61-54-47-40-32-27-24-23-26-30-38-45-52-59-66-79(7)10-3)102-85(90)69-62-55-48-41-33-28-22-20-18-17-19-21-25-29-37-44-51-58-65-78(6)9-2/h77-82,87H,8-76H2,1-7H3,(H,92,93)(H,94,95)/t78?,79?,80-,81-,82-/m1/s1. The van der Waals surface area contributed by atoms with E-state index in [1.165, 1.54) is 263 Å². The molecular formula is C86H168O17P2. The zero-order valence-electron chi connectivity index (χ0n) is 69.2. The maximum atomic E-state index is 13.2. The number of phosphoric ester groups is 2. The fourth-order valence-electron chi connectivity index (χ4n) is 13.3. The van der Waals surface area contributed by atoms with Gasteiger partial charge in [0.2, 0.25) is 0 Å². The molecule has 0 saturated heterocycles. The van der Waals surface area contributed by atoms with Crippen LogP contribution in [-0.4, -0.2) is 96.7 Å². The molecule has 0 aromatic carbocycles. The van der Waals surface area contributed by atoms with Gasteiger partial charge in [0, 0.05) is 25.7 Å². The van der Waals surface area contributed by atoms with Gasteiger partial charge in [0.15, 0.2) is 12.2 Å². The fourth-order valence-corrected chi connectivity index (χ4v) is 14.9. The maximum Gasteiger partial charge on any atom is 0.472 e. The number of unbranched alkanes of at least 4 members (excludes halogenated alkanes) is 50. The second-order valence-electron chi connectivity index (χ2n) is 31.9. The van der Waals surface area contributed by atoms with Crippen molar-refractivity contribution in [1.29, 1.82) is 0 Å². The molecule has 17 nitrogen and oxygen atoms in total. The molecule has 19 heteroatoms. The highest BCUT2D eigenvalue weighted by atomic mass is 31.2. The van der Waals surface area contributed by atoms with Gasteiger partial charge in [-0.25, -0.2) is 9.13 Å². The number of phosphoric acid groups is 2. The number of ether oxygens (including phenoxy) is 4. The summed E-state index contributed by atoms with van der Waals surface area (Å²) in [5.41, 5.74) is 0. The summed E-state index contributed by atoms with van der Waals surface area (Å²) in [6, 6.07) is 0. The molecule has 0 bridgehead atoms. The molecular weight excluding hydrogens is 1370 g/mol. The highest BCUT2D eigenvalue weighted by Crippen LogP contribution is 2.45. The molecule has 0 rings (SSSR count). The molecule has 105 heavy (non-hydrogen) atoms. The minimum atomic E-state index is -4.97. The molecule has 0 radical (unpaired) electrons. The Morgan fingerprint density at radius 2 is 0.486 bits per heavy atom. The lowest BCUT2D eigenvalue weighted by atomic mass is 9.99. The van der Waals surface area contributed by atoms with E-state index in [0.29, 0.717) is 25.7 Å². The number of carbonyl (C=O) groups excluding carboxylic acids is 4. The van der Waals surface area contributed by atoms with E-state index in [2.05, 4.69) is 48.5 Å². The molecule has 0 spiro atoms. The van der Waals surface area contributed by atoms with Crippen molar-refractivity contribution < 1.29 is 80.2 Å². The van der Waals surface area contributed by atoms with Crippen LogP contribution in [0.1, 0.15) is 453 Å². The lowest BCUT2D eigenvalue weighted by molar-refractivity contribution is -0.161. The van der Waals surface area contributed by atoms with Gasteiger partial charge in [0.05, 0.1) is 26.4 Å². The number of carbonyl (C=O) groups is 4. The van der Waals surface area contributed by atoms with Gasteiger partial charge < -0.3 is 33.8 Å². The molecule has 7 atom stereocenters. The minimum Gasteiger partial charge on any atom is -0.462 e. The van der Waals surface area contributed by atoms with Crippen LogP contribution in [0.15, 0.2) is 0 Å². The SMILES string of the molecule is CCCCCCCCCCCCCCC(=O)OC[C@H](COP(=O)(O)OC[C@H](O)COP(=O)(O)OC[C@@H](COC(=O)CCCCCCCCCCCCCCCCC(C)CC)OC(=O)CCCCCCCCCCCCCCCCCCCCC(C)CC)OC(=O)CCCCCCCCCCCCC(C)C. The summed E-state index contributed by atoms with van der Waals surface area (Å²) in [7, 11) is -9.93. The molecule has 0 amide bonds. The average molecular weight is 1540 g/mol. The van der Waals surface area contributed by atoms with Gasteiger partial charge in [0.1, 0.15) is 19.3 Å². The molecule has 3 N–H and O–H groups in total. The normalized spacial score (nSPS) is 14.4. The Balaban J connectivity index is 5.24. The third-order valence-corrected chi connectivity index (χ3v) is 22.8. The first kappa shape index (κ1) is 103. The number of hydrogen-bond acceptors (Lipinski definition) is 15. The van der Waals surface area contributed by atoms with Crippen LogP contribution in [0.4, 0.5) is 0 Å². The van der Waals surface area contributed by atoms with Crippen molar-refractivity contribution in [2.24, 2.45) is 17.8 Å². The lowest BCUT2D eigenvalue weighted by Crippen LogP contribution is -2.30. The van der Waals surface area contributed by atoms with Crippen LogP contribution in [0, 0.1) is 17.8 Å². The Morgan fingerprint density at radius 1 is 0.276 bits per heavy atom. The van der Waals surface area contributed by atoms with Gasteiger partial charge >= 0.3 is 39.5 Å². The van der Waals surface area contributed by atoms with Crippen LogP contribution in [0.5, 0.6) is 0 Å². The zero-order valence-corrected chi connectivity index (χ0v) is 71.0. The van der Waals surface area contributed by atoms with Crippen molar-refractivity contribution >= 4 is 39.5 Å². The molecule has 0 heterocycles. The number of aliphatic hydroxyl groups is 1. The third-order valence-electron chi connectivity index (χ3n) is 20.9. The fraction of sp³-hybridized carbons (Fsp3) is 0.953. The second-order valence-corrected chi connectivity index (χ2v) is 34.8. The largest absolute Gasteiger partial charge is 0.472 e. The summed E-state index contributed by atoms with van der Waals surface area (Å²) in [4.78, 5) is 73.2.